The van der Waals surface area contributed by atoms with E-state index in [0.29, 0.717) is 0 Å². The molecule has 2 aromatic rings. The summed E-state index contributed by atoms with van der Waals surface area (Å²) in [6.45, 7) is 6.99. The second-order valence-corrected chi connectivity index (χ2v) is 4.73. The van der Waals surface area contributed by atoms with Gasteiger partial charge < -0.3 is 0 Å². The lowest BCUT2D eigenvalue weighted by atomic mass is 10.0. The molecule has 2 rings (SSSR count). The summed E-state index contributed by atoms with van der Waals surface area (Å²) < 4.78 is 1.99. The van der Waals surface area contributed by atoms with Gasteiger partial charge in [-0.15, -0.1) is 0 Å². The predicted octanol–water partition coefficient (Wildman–Crippen LogP) is 3.26. The fraction of sp³-hybridized carbons (Fsp3) is 0.400. The first kappa shape index (κ1) is 12.7. The summed E-state index contributed by atoms with van der Waals surface area (Å²) in [4.78, 5) is 11.8. The average Bonchev–Trinajstić information content (AvgIpc) is 2.64. The normalized spacial score (nSPS) is 10.8. The van der Waals surface area contributed by atoms with Crippen molar-refractivity contribution in [1.82, 2.24) is 9.78 Å². The summed E-state index contributed by atoms with van der Waals surface area (Å²) >= 11 is 0. The maximum absolute atomic E-state index is 11.8. The molecular formula is C15H20N2O. The Bertz CT molecular complexity index is 593. The molecule has 0 radical (unpaired) electrons. The Labute approximate surface area is 107 Å². The van der Waals surface area contributed by atoms with E-state index in [1.54, 1.807) is 0 Å². The van der Waals surface area contributed by atoms with Crippen LogP contribution in [-0.2, 0) is 6.54 Å². The molecule has 96 valence electrons. The molecule has 18 heavy (non-hydrogen) atoms. The van der Waals surface area contributed by atoms with Crippen LogP contribution in [0.15, 0.2) is 29.1 Å². The monoisotopic (exact) mass is 244 g/mol. The summed E-state index contributed by atoms with van der Waals surface area (Å²) in [6.07, 6.45) is 2.19. The first-order chi connectivity index (χ1) is 8.65. The van der Waals surface area contributed by atoms with E-state index in [1.165, 1.54) is 5.56 Å². The lowest BCUT2D eigenvalue weighted by molar-refractivity contribution is 0.573. The maximum atomic E-state index is 11.8. The number of nitrogens with one attached hydrogen (secondary N) is 1. The summed E-state index contributed by atoms with van der Waals surface area (Å²) in [5.41, 5.74) is 4.20. The molecule has 1 aromatic carbocycles. The molecule has 0 fully saturated rings. The highest BCUT2D eigenvalue weighted by Crippen LogP contribution is 2.24. The fourth-order valence-corrected chi connectivity index (χ4v) is 2.24. The SMILES string of the molecule is CCCCn1[nH]c(=O)c(C)c1-c1ccccc1C. The van der Waals surface area contributed by atoms with Gasteiger partial charge in [-0.2, -0.15) is 0 Å². The largest absolute Gasteiger partial charge is 0.284 e. The summed E-state index contributed by atoms with van der Waals surface area (Å²) in [5.74, 6) is 0. The first-order valence-corrected chi connectivity index (χ1v) is 6.50. The van der Waals surface area contributed by atoms with Gasteiger partial charge in [0.2, 0.25) is 0 Å². The van der Waals surface area contributed by atoms with Crippen LogP contribution in [0.2, 0.25) is 0 Å². The smallest absolute Gasteiger partial charge is 0.267 e. The van der Waals surface area contributed by atoms with E-state index >= 15 is 0 Å². The molecule has 1 heterocycles. The van der Waals surface area contributed by atoms with Crippen molar-refractivity contribution in [3.63, 3.8) is 0 Å². The number of aryl methyl sites for hydroxylation is 2. The van der Waals surface area contributed by atoms with Crippen LogP contribution in [0.5, 0.6) is 0 Å². The van der Waals surface area contributed by atoms with Crippen LogP contribution < -0.4 is 5.56 Å². The van der Waals surface area contributed by atoms with Crippen LogP contribution in [0.25, 0.3) is 11.3 Å². The van der Waals surface area contributed by atoms with Crippen LogP contribution in [-0.4, -0.2) is 9.78 Å². The summed E-state index contributed by atoms with van der Waals surface area (Å²) in [7, 11) is 0. The van der Waals surface area contributed by atoms with Crippen molar-refractivity contribution in [3.8, 4) is 11.3 Å². The molecule has 0 aliphatic rings. The van der Waals surface area contributed by atoms with Gasteiger partial charge in [0, 0.05) is 17.7 Å². The highest BCUT2D eigenvalue weighted by Gasteiger charge is 2.13. The quantitative estimate of drug-likeness (QED) is 0.880. The van der Waals surface area contributed by atoms with E-state index in [9.17, 15) is 4.79 Å². The first-order valence-electron chi connectivity index (χ1n) is 6.50. The standard InChI is InChI=1S/C15H20N2O/c1-4-5-10-17-14(12(3)15(18)16-17)13-9-7-6-8-11(13)2/h6-9H,4-5,10H2,1-3H3,(H,16,18). The summed E-state index contributed by atoms with van der Waals surface area (Å²) in [6, 6.07) is 8.20. The lowest BCUT2D eigenvalue weighted by Crippen LogP contribution is -2.07. The van der Waals surface area contributed by atoms with E-state index in [2.05, 4.69) is 31.1 Å². The van der Waals surface area contributed by atoms with Crippen molar-refractivity contribution in [2.45, 2.75) is 40.2 Å². The van der Waals surface area contributed by atoms with Crippen LogP contribution >= 0.6 is 0 Å². The average molecular weight is 244 g/mol. The second kappa shape index (κ2) is 5.25. The van der Waals surface area contributed by atoms with Gasteiger partial charge in [-0.25, -0.2) is 0 Å². The molecule has 0 aliphatic carbocycles. The minimum Gasteiger partial charge on any atom is -0.284 e. The molecule has 1 aromatic heterocycles. The zero-order valence-corrected chi connectivity index (χ0v) is 11.3. The van der Waals surface area contributed by atoms with Gasteiger partial charge in [0.15, 0.2) is 0 Å². The minimum atomic E-state index is 0.0179. The van der Waals surface area contributed by atoms with Crippen molar-refractivity contribution in [2.75, 3.05) is 0 Å². The zero-order valence-electron chi connectivity index (χ0n) is 11.3. The Morgan fingerprint density at radius 2 is 1.94 bits per heavy atom. The molecule has 0 saturated heterocycles. The number of aromatic amines is 1. The predicted molar refractivity (Wildman–Crippen MR) is 74.9 cm³/mol. The van der Waals surface area contributed by atoms with Gasteiger partial charge in [0.25, 0.3) is 5.56 Å². The molecule has 0 bridgehead atoms. The number of nitrogens with zero attached hydrogens (tertiary/aromatic N) is 1. The molecule has 3 nitrogen and oxygen atoms in total. The number of H-pyrrole nitrogens is 1. The number of hydrogen-bond acceptors (Lipinski definition) is 1. The fourth-order valence-electron chi connectivity index (χ4n) is 2.24. The molecular weight excluding hydrogens is 224 g/mol. The Hall–Kier alpha value is -1.77. The zero-order chi connectivity index (χ0) is 13.1. The Kier molecular flexibility index (Phi) is 3.70. The van der Waals surface area contributed by atoms with Gasteiger partial charge in [0.1, 0.15) is 0 Å². The number of unbranched alkanes of at least 4 members (excludes halogenated alkanes) is 1. The van der Waals surface area contributed by atoms with E-state index in [1.807, 2.05) is 23.7 Å². The molecule has 0 spiro atoms. The highest BCUT2D eigenvalue weighted by atomic mass is 16.1. The van der Waals surface area contributed by atoms with Gasteiger partial charge in [-0.1, -0.05) is 37.6 Å². The van der Waals surface area contributed by atoms with Crippen LogP contribution in [0.4, 0.5) is 0 Å². The van der Waals surface area contributed by atoms with E-state index in [4.69, 9.17) is 0 Å². The maximum Gasteiger partial charge on any atom is 0.267 e. The third-order valence-corrected chi connectivity index (χ3v) is 3.34. The lowest BCUT2D eigenvalue weighted by Gasteiger charge is -2.11. The third kappa shape index (κ3) is 2.26. The molecule has 1 N–H and O–H groups in total. The number of rotatable bonds is 4. The Morgan fingerprint density at radius 3 is 2.61 bits per heavy atom. The van der Waals surface area contributed by atoms with Gasteiger partial charge in [0.05, 0.1) is 5.69 Å². The topological polar surface area (TPSA) is 37.8 Å². The van der Waals surface area contributed by atoms with E-state index in [-0.39, 0.29) is 5.56 Å². The van der Waals surface area contributed by atoms with E-state index in [0.717, 1.165) is 36.2 Å². The Balaban J connectivity index is 2.55. The van der Waals surface area contributed by atoms with Gasteiger partial charge >= 0.3 is 0 Å². The second-order valence-electron chi connectivity index (χ2n) is 4.73. The summed E-state index contributed by atoms with van der Waals surface area (Å²) in [5, 5.41) is 2.93. The molecule has 0 saturated carbocycles. The van der Waals surface area contributed by atoms with E-state index < -0.39 is 0 Å². The molecule has 3 heteroatoms. The molecule has 0 amide bonds. The van der Waals surface area contributed by atoms with Crippen LogP contribution in [0.3, 0.4) is 0 Å². The minimum absolute atomic E-state index is 0.0179. The van der Waals surface area contributed by atoms with Gasteiger partial charge in [-0.05, 0) is 25.8 Å². The third-order valence-electron chi connectivity index (χ3n) is 3.34. The van der Waals surface area contributed by atoms with Gasteiger partial charge in [-0.3, -0.25) is 14.6 Å². The van der Waals surface area contributed by atoms with Crippen molar-refractivity contribution >= 4 is 0 Å². The number of benzene rings is 1. The highest BCUT2D eigenvalue weighted by molar-refractivity contribution is 5.66. The molecule has 0 atom stereocenters. The van der Waals surface area contributed by atoms with Crippen LogP contribution in [0.1, 0.15) is 30.9 Å². The van der Waals surface area contributed by atoms with Crippen molar-refractivity contribution in [1.29, 1.82) is 0 Å². The van der Waals surface area contributed by atoms with Crippen molar-refractivity contribution in [2.24, 2.45) is 0 Å². The number of hydrogen-bond donors (Lipinski definition) is 1. The van der Waals surface area contributed by atoms with Crippen LogP contribution in [0, 0.1) is 13.8 Å². The molecule has 0 unspecified atom stereocenters. The Morgan fingerprint density at radius 1 is 1.22 bits per heavy atom. The number of aromatic nitrogens is 2. The van der Waals surface area contributed by atoms with Crippen molar-refractivity contribution < 1.29 is 0 Å². The van der Waals surface area contributed by atoms with Crippen molar-refractivity contribution in [3.05, 3.63) is 45.7 Å². The molecule has 0 aliphatic heterocycles.